The molecular weight excluding hydrogens is 292 g/mol. The maximum Gasteiger partial charge on any atom is 0.326 e. The van der Waals surface area contributed by atoms with Crippen LogP contribution in [0.15, 0.2) is 65.7 Å². The standard InChI is InChI=1S/C18H16N2O3/c1-13(14-7-3-2-4-8-14)23-17(21)11-20-12-19-16-10-6-5-9-15(16)18(20)22/h2-10,12-13H,11H2,1H3/t13-/m1/s1. The number of aromatic nitrogens is 2. The largest absolute Gasteiger partial charge is 0.456 e. The van der Waals surface area contributed by atoms with Gasteiger partial charge >= 0.3 is 5.97 Å². The van der Waals surface area contributed by atoms with E-state index in [0.29, 0.717) is 10.9 Å². The Morgan fingerprint density at radius 1 is 1.13 bits per heavy atom. The number of nitrogens with zero attached hydrogens (tertiary/aromatic N) is 2. The van der Waals surface area contributed by atoms with Crippen LogP contribution in [0.3, 0.4) is 0 Å². The monoisotopic (exact) mass is 308 g/mol. The van der Waals surface area contributed by atoms with Crippen molar-refractivity contribution < 1.29 is 9.53 Å². The van der Waals surface area contributed by atoms with Crippen LogP contribution in [-0.4, -0.2) is 15.5 Å². The first-order chi connectivity index (χ1) is 11.1. The van der Waals surface area contributed by atoms with Gasteiger partial charge in [0.05, 0.1) is 17.2 Å². The lowest BCUT2D eigenvalue weighted by Gasteiger charge is -2.14. The molecular formula is C18H16N2O3. The van der Waals surface area contributed by atoms with Gasteiger partial charge in [0, 0.05) is 0 Å². The summed E-state index contributed by atoms with van der Waals surface area (Å²) in [6, 6.07) is 16.5. The Bertz CT molecular complexity index is 887. The number of hydrogen-bond donors (Lipinski definition) is 0. The van der Waals surface area contributed by atoms with Crippen LogP contribution in [0.2, 0.25) is 0 Å². The molecule has 0 saturated heterocycles. The highest BCUT2D eigenvalue weighted by atomic mass is 16.5. The third-order valence-corrected chi connectivity index (χ3v) is 3.61. The highest BCUT2D eigenvalue weighted by molar-refractivity contribution is 5.77. The lowest BCUT2D eigenvalue weighted by Crippen LogP contribution is -2.26. The molecule has 0 aliphatic rings. The zero-order chi connectivity index (χ0) is 16.2. The summed E-state index contributed by atoms with van der Waals surface area (Å²) < 4.78 is 6.65. The Balaban J connectivity index is 1.76. The molecule has 1 heterocycles. The Morgan fingerprint density at radius 3 is 2.61 bits per heavy atom. The average Bonchev–Trinajstić information content (AvgIpc) is 2.58. The summed E-state index contributed by atoms with van der Waals surface area (Å²) >= 11 is 0. The Kier molecular flexibility index (Phi) is 4.19. The number of hydrogen-bond acceptors (Lipinski definition) is 4. The molecule has 116 valence electrons. The van der Waals surface area contributed by atoms with Gasteiger partial charge in [0.2, 0.25) is 0 Å². The van der Waals surface area contributed by atoms with Crippen molar-refractivity contribution in [2.24, 2.45) is 0 Å². The minimum atomic E-state index is -0.472. The van der Waals surface area contributed by atoms with Gasteiger partial charge in [-0.2, -0.15) is 0 Å². The van der Waals surface area contributed by atoms with E-state index in [1.807, 2.05) is 36.4 Å². The number of benzene rings is 2. The molecule has 0 bridgehead atoms. The second-order valence-electron chi connectivity index (χ2n) is 5.24. The van der Waals surface area contributed by atoms with Crippen molar-refractivity contribution in [2.45, 2.75) is 19.6 Å². The zero-order valence-corrected chi connectivity index (χ0v) is 12.7. The number of rotatable bonds is 4. The molecule has 0 saturated carbocycles. The summed E-state index contributed by atoms with van der Waals surface area (Å²) in [5, 5.41) is 0.485. The molecule has 0 radical (unpaired) electrons. The van der Waals surface area contributed by atoms with Crippen LogP contribution in [0.1, 0.15) is 18.6 Å². The van der Waals surface area contributed by atoms with E-state index in [1.54, 1.807) is 25.1 Å². The predicted octanol–water partition coefficient (Wildman–Crippen LogP) is 2.70. The number of carbonyl (C=O) groups is 1. The van der Waals surface area contributed by atoms with Gasteiger partial charge in [0.25, 0.3) is 5.56 Å². The smallest absolute Gasteiger partial charge is 0.326 e. The minimum absolute atomic E-state index is 0.159. The Labute approximate surface area is 133 Å². The van der Waals surface area contributed by atoms with Gasteiger partial charge in [-0.1, -0.05) is 42.5 Å². The van der Waals surface area contributed by atoms with Crippen molar-refractivity contribution in [1.29, 1.82) is 0 Å². The van der Waals surface area contributed by atoms with Crippen molar-refractivity contribution in [2.75, 3.05) is 0 Å². The lowest BCUT2D eigenvalue weighted by molar-refractivity contribution is -0.149. The fourth-order valence-electron chi connectivity index (χ4n) is 2.38. The van der Waals surface area contributed by atoms with Crippen LogP contribution < -0.4 is 5.56 Å². The fourth-order valence-corrected chi connectivity index (χ4v) is 2.38. The molecule has 0 fully saturated rings. The normalized spacial score (nSPS) is 12.0. The summed E-state index contributed by atoms with van der Waals surface area (Å²) in [6.45, 7) is 1.64. The van der Waals surface area contributed by atoms with E-state index < -0.39 is 5.97 Å². The zero-order valence-electron chi connectivity index (χ0n) is 12.7. The Morgan fingerprint density at radius 2 is 1.83 bits per heavy atom. The number of para-hydroxylation sites is 1. The van der Waals surface area contributed by atoms with Gasteiger partial charge in [-0.05, 0) is 24.6 Å². The maximum absolute atomic E-state index is 12.3. The highest BCUT2D eigenvalue weighted by Crippen LogP contribution is 2.16. The molecule has 3 rings (SSSR count). The molecule has 2 aromatic carbocycles. The highest BCUT2D eigenvalue weighted by Gasteiger charge is 2.13. The van der Waals surface area contributed by atoms with Crippen molar-refractivity contribution in [3.63, 3.8) is 0 Å². The number of esters is 1. The second kappa shape index (κ2) is 6.44. The van der Waals surface area contributed by atoms with Crippen LogP contribution in [0, 0.1) is 0 Å². The molecule has 0 amide bonds. The van der Waals surface area contributed by atoms with Gasteiger partial charge in [-0.25, -0.2) is 4.98 Å². The van der Waals surface area contributed by atoms with Crippen LogP contribution in [0.5, 0.6) is 0 Å². The third kappa shape index (κ3) is 3.29. The fraction of sp³-hybridized carbons (Fsp3) is 0.167. The first-order valence-electron chi connectivity index (χ1n) is 7.34. The Hall–Kier alpha value is -2.95. The van der Waals surface area contributed by atoms with Gasteiger partial charge in [0.15, 0.2) is 0 Å². The summed E-state index contributed by atoms with van der Waals surface area (Å²) in [6.07, 6.45) is 1.01. The van der Waals surface area contributed by atoms with Gasteiger partial charge in [-0.15, -0.1) is 0 Å². The van der Waals surface area contributed by atoms with E-state index in [4.69, 9.17) is 4.74 Å². The maximum atomic E-state index is 12.3. The number of carbonyl (C=O) groups excluding carboxylic acids is 1. The molecule has 5 heteroatoms. The topological polar surface area (TPSA) is 61.2 Å². The second-order valence-corrected chi connectivity index (χ2v) is 5.24. The SMILES string of the molecule is C[C@@H](OC(=O)Cn1cnc2ccccc2c1=O)c1ccccc1. The molecule has 23 heavy (non-hydrogen) atoms. The van der Waals surface area contributed by atoms with E-state index in [0.717, 1.165) is 5.56 Å². The summed E-state index contributed by atoms with van der Waals surface area (Å²) in [5.41, 5.74) is 1.27. The van der Waals surface area contributed by atoms with Crippen LogP contribution in [-0.2, 0) is 16.1 Å². The van der Waals surface area contributed by atoms with Crippen LogP contribution in [0.25, 0.3) is 10.9 Å². The molecule has 0 unspecified atom stereocenters. The molecule has 1 atom stereocenters. The van der Waals surface area contributed by atoms with Crippen molar-refractivity contribution in [1.82, 2.24) is 9.55 Å². The molecule has 1 aromatic heterocycles. The molecule has 0 spiro atoms. The molecule has 0 N–H and O–H groups in total. The van der Waals surface area contributed by atoms with E-state index >= 15 is 0 Å². The quantitative estimate of drug-likeness (QED) is 0.695. The predicted molar refractivity (Wildman–Crippen MR) is 87.0 cm³/mol. The van der Waals surface area contributed by atoms with Crippen LogP contribution in [0.4, 0.5) is 0 Å². The van der Waals surface area contributed by atoms with Crippen molar-refractivity contribution in [3.8, 4) is 0 Å². The lowest BCUT2D eigenvalue weighted by atomic mass is 10.1. The average molecular weight is 308 g/mol. The van der Waals surface area contributed by atoms with E-state index in [-0.39, 0.29) is 18.2 Å². The summed E-state index contributed by atoms with van der Waals surface area (Å²) in [7, 11) is 0. The molecule has 0 aliphatic heterocycles. The van der Waals surface area contributed by atoms with E-state index in [9.17, 15) is 9.59 Å². The first kappa shape index (κ1) is 15.0. The first-order valence-corrected chi connectivity index (χ1v) is 7.34. The van der Waals surface area contributed by atoms with Crippen molar-refractivity contribution in [3.05, 3.63) is 76.8 Å². The minimum Gasteiger partial charge on any atom is -0.456 e. The summed E-state index contributed by atoms with van der Waals surface area (Å²) in [5.74, 6) is -0.472. The van der Waals surface area contributed by atoms with E-state index in [1.165, 1.54) is 10.9 Å². The molecule has 3 aromatic rings. The molecule has 5 nitrogen and oxygen atoms in total. The van der Waals surface area contributed by atoms with E-state index in [2.05, 4.69) is 4.98 Å². The summed E-state index contributed by atoms with van der Waals surface area (Å²) in [4.78, 5) is 28.6. The van der Waals surface area contributed by atoms with Crippen molar-refractivity contribution >= 4 is 16.9 Å². The number of ether oxygens (including phenoxy) is 1. The van der Waals surface area contributed by atoms with Gasteiger partial charge in [-0.3, -0.25) is 14.2 Å². The third-order valence-electron chi connectivity index (χ3n) is 3.61. The van der Waals surface area contributed by atoms with Gasteiger partial charge in [0.1, 0.15) is 12.6 Å². The van der Waals surface area contributed by atoms with Crippen LogP contribution >= 0.6 is 0 Å². The molecule has 0 aliphatic carbocycles. The van der Waals surface area contributed by atoms with Gasteiger partial charge < -0.3 is 4.74 Å². The number of fused-ring (bicyclic) bond motifs is 1.